The van der Waals surface area contributed by atoms with E-state index >= 15 is 0 Å². The molecule has 0 unspecified atom stereocenters. The first kappa shape index (κ1) is 17.0. The van der Waals surface area contributed by atoms with Crippen LogP contribution in [0, 0.1) is 16.7 Å². The van der Waals surface area contributed by atoms with Gasteiger partial charge in [-0.25, -0.2) is 0 Å². The number of hydrogen-bond donors (Lipinski definition) is 0. The molecular formula is C17H28O3. The maximum atomic E-state index is 12.1. The van der Waals surface area contributed by atoms with Crippen LogP contribution in [0.5, 0.6) is 0 Å². The Labute approximate surface area is 123 Å². The Bertz CT molecular complexity index is 428. The van der Waals surface area contributed by atoms with Gasteiger partial charge in [0.05, 0.1) is 6.10 Å². The van der Waals surface area contributed by atoms with Crippen molar-refractivity contribution in [1.29, 1.82) is 0 Å². The standard InChI is InChI=1S/C17H28O3/c1-11(16(3,4)5)9-10-13-12(2)19-15(17(6,7)8)20-14(13)18/h10,12-13,15H,1-8H3/t9?,12-,13-,15-/m1/s1. The van der Waals surface area contributed by atoms with Gasteiger partial charge in [-0.05, 0) is 30.9 Å². The fourth-order valence-corrected chi connectivity index (χ4v) is 1.70. The van der Waals surface area contributed by atoms with Gasteiger partial charge in [-0.2, -0.15) is 0 Å². The van der Waals surface area contributed by atoms with Crippen molar-refractivity contribution < 1.29 is 14.3 Å². The summed E-state index contributed by atoms with van der Waals surface area (Å²) in [6, 6.07) is 0. The molecular weight excluding hydrogens is 252 g/mol. The van der Waals surface area contributed by atoms with Crippen molar-refractivity contribution in [3.05, 3.63) is 17.4 Å². The second kappa shape index (κ2) is 5.75. The van der Waals surface area contributed by atoms with Crippen molar-refractivity contribution in [3.63, 3.8) is 0 Å². The van der Waals surface area contributed by atoms with E-state index in [9.17, 15) is 4.79 Å². The lowest BCUT2D eigenvalue weighted by molar-refractivity contribution is -0.249. The molecule has 3 heteroatoms. The molecule has 0 saturated carbocycles. The van der Waals surface area contributed by atoms with Crippen molar-refractivity contribution in [1.82, 2.24) is 0 Å². The molecule has 1 saturated heterocycles. The molecule has 0 aromatic heterocycles. The van der Waals surface area contributed by atoms with E-state index in [-0.39, 0.29) is 28.8 Å². The largest absolute Gasteiger partial charge is 0.435 e. The summed E-state index contributed by atoms with van der Waals surface area (Å²) in [5, 5.41) is 0. The Hall–Kier alpha value is -1.05. The van der Waals surface area contributed by atoms with Crippen LogP contribution in [0.4, 0.5) is 0 Å². The van der Waals surface area contributed by atoms with Crippen LogP contribution in [0.25, 0.3) is 0 Å². The van der Waals surface area contributed by atoms with Crippen LogP contribution >= 0.6 is 0 Å². The van der Waals surface area contributed by atoms with Crippen LogP contribution in [0.15, 0.2) is 17.4 Å². The highest BCUT2D eigenvalue weighted by molar-refractivity contribution is 5.75. The lowest BCUT2D eigenvalue weighted by Gasteiger charge is -2.38. The quantitative estimate of drug-likeness (QED) is 0.536. The smallest absolute Gasteiger partial charge is 0.318 e. The van der Waals surface area contributed by atoms with Crippen molar-refractivity contribution in [2.24, 2.45) is 16.7 Å². The Morgan fingerprint density at radius 3 is 2.15 bits per heavy atom. The zero-order valence-electron chi connectivity index (χ0n) is 14.0. The third kappa shape index (κ3) is 4.22. The van der Waals surface area contributed by atoms with Gasteiger partial charge in [0.2, 0.25) is 6.29 Å². The maximum absolute atomic E-state index is 12.1. The zero-order chi connectivity index (χ0) is 15.7. The van der Waals surface area contributed by atoms with E-state index in [2.05, 4.69) is 26.5 Å². The third-order valence-electron chi connectivity index (χ3n) is 3.65. The average molecular weight is 280 g/mol. The van der Waals surface area contributed by atoms with Gasteiger partial charge in [0.15, 0.2) is 0 Å². The van der Waals surface area contributed by atoms with Gasteiger partial charge in [0, 0.05) is 5.41 Å². The van der Waals surface area contributed by atoms with Gasteiger partial charge in [-0.3, -0.25) is 4.79 Å². The first-order valence-corrected chi connectivity index (χ1v) is 7.23. The number of cyclic esters (lactones) is 1. The number of hydrogen-bond acceptors (Lipinski definition) is 3. The second-order valence-corrected chi connectivity index (χ2v) is 7.69. The van der Waals surface area contributed by atoms with Crippen LogP contribution in [-0.2, 0) is 14.3 Å². The lowest BCUT2D eigenvalue weighted by Crippen LogP contribution is -2.46. The van der Waals surface area contributed by atoms with Crippen LogP contribution < -0.4 is 0 Å². The molecule has 0 radical (unpaired) electrons. The Kier molecular flexibility index (Phi) is 4.89. The van der Waals surface area contributed by atoms with E-state index in [1.807, 2.05) is 34.6 Å². The molecule has 0 spiro atoms. The highest BCUT2D eigenvalue weighted by Crippen LogP contribution is 2.32. The summed E-state index contributed by atoms with van der Waals surface area (Å²) in [7, 11) is 0. The van der Waals surface area contributed by atoms with Crippen molar-refractivity contribution in [2.45, 2.75) is 67.8 Å². The summed E-state index contributed by atoms with van der Waals surface area (Å²) in [5.41, 5.74) is 4.16. The molecule has 0 bridgehead atoms. The Balaban J connectivity index is 2.91. The minimum atomic E-state index is -0.484. The van der Waals surface area contributed by atoms with Crippen molar-refractivity contribution in [2.75, 3.05) is 0 Å². The summed E-state index contributed by atoms with van der Waals surface area (Å²) in [6.07, 6.45) is 1.11. The summed E-state index contributed by atoms with van der Waals surface area (Å²) >= 11 is 0. The molecule has 0 aromatic rings. The Morgan fingerprint density at radius 2 is 1.75 bits per heavy atom. The summed E-state index contributed by atoms with van der Waals surface area (Å²) in [6.45, 7) is 16.3. The molecule has 0 N–H and O–H groups in total. The van der Waals surface area contributed by atoms with Crippen LogP contribution in [0.1, 0.15) is 55.4 Å². The van der Waals surface area contributed by atoms with E-state index in [0.29, 0.717) is 0 Å². The fourth-order valence-electron chi connectivity index (χ4n) is 1.70. The highest BCUT2D eigenvalue weighted by Gasteiger charge is 2.40. The fraction of sp³-hybridized carbons (Fsp3) is 0.765. The van der Waals surface area contributed by atoms with Gasteiger partial charge < -0.3 is 9.47 Å². The molecule has 0 aromatic carbocycles. The first-order valence-electron chi connectivity index (χ1n) is 7.23. The van der Waals surface area contributed by atoms with Crippen molar-refractivity contribution >= 4 is 5.97 Å². The second-order valence-electron chi connectivity index (χ2n) is 7.69. The summed E-state index contributed by atoms with van der Waals surface area (Å²) < 4.78 is 11.2. The predicted octanol–water partition coefficient (Wildman–Crippen LogP) is 4.08. The van der Waals surface area contributed by atoms with Gasteiger partial charge in [0.1, 0.15) is 5.92 Å². The SMILES string of the molecule is CC(=C=C[C@H]1C(=O)O[C@H](C(C)(C)C)O[C@@H]1C)C(C)(C)C. The Morgan fingerprint density at radius 1 is 1.20 bits per heavy atom. The molecule has 3 nitrogen and oxygen atoms in total. The molecule has 1 rings (SSSR count). The first-order chi connectivity index (χ1) is 8.93. The molecule has 20 heavy (non-hydrogen) atoms. The minimum absolute atomic E-state index is 0.0487. The number of ether oxygens (including phenoxy) is 2. The lowest BCUT2D eigenvalue weighted by atomic mass is 9.87. The van der Waals surface area contributed by atoms with Crippen LogP contribution in [0.3, 0.4) is 0 Å². The number of carbonyl (C=O) groups excluding carboxylic acids is 1. The highest BCUT2D eigenvalue weighted by atomic mass is 16.7. The van der Waals surface area contributed by atoms with Crippen molar-refractivity contribution in [3.8, 4) is 0 Å². The topological polar surface area (TPSA) is 35.5 Å². The molecule has 0 aliphatic carbocycles. The molecule has 1 fully saturated rings. The predicted molar refractivity (Wildman–Crippen MR) is 80.1 cm³/mol. The minimum Gasteiger partial charge on any atom is -0.435 e. The molecule has 1 heterocycles. The summed E-state index contributed by atoms with van der Waals surface area (Å²) in [4.78, 5) is 12.1. The van der Waals surface area contributed by atoms with Crippen LogP contribution in [0.2, 0.25) is 0 Å². The number of rotatable bonds is 1. The monoisotopic (exact) mass is 280 g/mol. The zero-order valence-corrected chi connectivity index (χ0v) is 14.0. The molecule has 1 aliphatic rings. The van der Waals surface area contributed by atoms with Gasteiger partial charge in [-0.15, -0.1) is 5.73 Å². The average Bonchev–Trinajstić information content (AvgIpc) is 2.24. The molecule has 3 atom stereocenters. The van der Waals surface area contributed by atoms with E-state index < -0.39 is 6.29 Å². The third-order valence-corrected chi connectivity index (χ3v) is 3.65. The van der Waals surface area contributed by atoms with Gasteiger partial charge >= 0.3 is 5.97 Å². The van der Waals surface area contributed by atoms with E-state index in [4.69, 9.17) is 9.47 Å². The van der Waals surface area contributed by atoms with E-state index in [1.54, 1.807) is 6.08 Å². The van der Waals surface area contributed by atoms with Crippen LogP contribution in [-0.4, -0.2) is 18.4 Å². The number of carbonyl (C=O) groups is 1. The molecule has 1 aliphatic heterocycles. The molecule has 0 amide bonds. The number of esters is 1. The normalized spacial score (nSPS) is 27.6. The van der Waals surface area contributed by atoms with Gasteiger partial charge in [0.25, 0.3) is 0 Å². The molecule has 114 valence electrons. The van der Waals surface area contributed by atoms with E-state index in [1.165, 1.54) is 0 Å². The summed E-state index contributed by atoms with van der Waals surface area (Å²) in [5.74, 6) is -0.608. The van der Waals surface area contributed by atoms with E-state index in [0.717, 1.165) is 5.57 Å². The maximum Gasteiger partial charge on any atom is 0.318 e. The van der Waals surface area contributed by atoms with Gasteiger partial charge in [-0.1, -0.05) is 41.5 Å².